The summed E-state index contributed by atoms with van der Waals surface area (Å²) in [5, 5.41) is 0. The van der Waals surface area contributed by atoms with Gasteiger partial charge in [0.2, 0.25) is 0 Å². The predicted octanol–water partition coefficient (Wildman–Crippen LogP) is 2.73. The molecule has 0 radical (unpaired) electrons. The van der Waals surface area contributed by atoms with Crippen LogP contribution in [-0.2, 0) is 5.75 Å². The summed E-state index contributed by atoms with van der Waals surface area (Å²) in [5.41, 5.74) is 7.79. The van der Waals surface area contributed by atoms with E-state index in [2.05, 4.69) is 28.4 Å². The number of nitrogens with two attached hydrogens (primary N) is 1. The molecule has 0 saturated carbocycles. The highest BCUT2D eigenvalue weighted by Gasteiger charge is 2.07. The lowest BCUT2D eigenvalue weighted by Gasteiger charge is -2.11. The molecule has 0 bridgehead atoms. The molecule has 4 nitrogen and oxygen atoms in total. The minimum atomic E-state index is 0.433. The SMILES string of the molecule is CC(C)n1cncc1CSc1ccncc1N. The number of anilines is 1. The van der Waals surface area contributed by atoms with Gasteiger partial charge in [-0.1, -0.05) is 0 Å². The third-order valence-corrected chi connectivity index (χ3v) is 3.61. The van der Waals surface area contributed by atoms with E-state index in [1.54, 1.807) is 24.2 Å². The second-order valence-corrected chi connectivity index (χ2v) is 5.11. The molecule has 0 aliphatic heterocycles. The normalized spacial score (nSPS) is 11.0. The van der Waals surface area contributed by atoms with Crippen LogP contribution in [0.3, 0.4) is 0 Å². The fourth-order valence-corrected chi connectivity index (χ4v) is 2.49. The lowest BCUT2D eigenvalue weighted by molar-refractivity contribution is 0.584. The van der Waals surface area contributed by atoms with Crippen molar-refractivity contribution in [1.29, 1.82) is 0 Å². The Labute approximate surface area is 105 Å². The molecule has 0 fully saturated rings. The van der Waals surface area contributed by atoms with Crippen molar-refractivity contribution in [1.82, 2.24) is 14.5 Å². The molecular formula is C12H16N4S. The van der Waals surface area contributed by atoms with Crippen LogP contribution in [0.25, 0.3) is 0 Å². The van der Waals surface area contributed by atoms with Gasteiger partial charge in [-0.05, 0) is 19.9 Å². The summed E-state index contributed by atoms with van der Waals surface area (Å²) in [7, 11) is 0. The maximum atomic E-state index is 5.85. The molecule has 2 N–H and O–H groups in total. The van der Waals surface area contributed by atoms with E-state index >= 15 is 0 Å². The molecule has 0 unspecified atom stereocenters. The largest absolute Gasteiger partial charge is 0.397 e. The first-order valence-electron chi connectivity index (χ1n) is 5.51. The van der Waals surface area contributed by atoms with Gasteiger partial charge >= 0.3 is 0 Å². The molecule has 0 amide bonds. The molecule has 2 rings (SSSR count). The second-order valence-electron chi connectivity index (χ2n) is 4.09. The number of nitrogens with zero attached hydrogens (tertiary/aromatic N) is 3. The van der Waals surface area contributed by atoms with Crippen molar-refractivity contribution in [2.75, 3.05) is 5.73 Å². The highest BCUT2D eigenvalue weighted by atomic mass is 32.2. The standard InChI is InChI=1S/C12H16N4S/c1-9(2)16-8-15-5-10(16)7-17-12-3-4-14-6-11(12)13/h3-6,8-9H,7,13H2,1-2H3. The van der Waals surface area contributed by atoms with E-state index in [0.29, 0.717) is 6.04 Å². The van der Waals surface area contributed by atoms with Crippen LogP contribution in [0.15, 0.2) is 35.9 Å². The van der Waals surface area contributed by atoms with Gasteiger partial charge in [-0.3, -0.25) is 4.98 Å². The van der Waals surface area contributed by atoms with Crippen LogP contribution >= 0.6 is 11.8 Å². The number of hydrogen-bond donors (Lipinski definition) is 1. The van der Waals surface area contributed by atoms with Gasteiger partial charge in [-0.2, -0.15) is 0 Å². The van der Waals surface area contributed by atoms with Crippen LogP contribution < -0.4 is 5.73 Å². The van der Waals surface area contributed by atoms with Gasteiger partial charge in [0, 0.05) is 34.8 Å². The number of thioether (sulfide) groups is 1. The first-order valence-corrected chi connectivity index (χ1v) is 6.50. The van der Waals surface area contributed by atoms with Gasteiger partial charge in [-0.25, -0.2) is 4.98 Å². The average molecular weight is 248 g/mol. The molecular weight excluding hydrogens is 232 g/mol. The maximum Gasteiger partial charge on any atom is 0.0950 e. The van der Waals surface area contributed by atoms with E-state index in [9.17, 15) is 0 Å². The third kappa shape index (κ3) is 2.79. The predicted molar refractivity (Wildman–Crippen MR) is 70.8 cm³/mol. The summed E-state index contributed by atoms with van der Waals surface area (Å²) in [6.07, 6.45) is 7.22. The minimum Gasteiger partial charge on any atom is -0.397 e. The Bertz CT molecular complexity index is 493. The molecule has 0 saturated heterocycles. The molecule has 0 spiro atoms. The fraction of sp³-hybridized carbons (Fsp3) is 0.333. The van der Waals surface area contributed by atoms with E-state index in [1.807, 2.05) is 18.6 Å². The topological polar surface area (TPSA) is 56.7 Å². The molecule has 0 aliphatic carbocycles. The van der Waals surface area contributed by atoms with E-state index in [1.165, 1.54) is 5.69 Å². The second kappa shape index (κ2) is 5.23. The van der Waals surface area contributed by atoms with Crippen molar-refractivity contribution in [3.63, 3.8) is 0 Å². The lowest BCUT2D eigenvalue weighted by Crippen LogP contribution is -2.03. The van der Waals surface area contributed by atoms with E-state index < -0.39 is 0 Å². The first kappa shape index (κ1) is 12.0. The zero-order valence-electron chi connectivity index (χ0n) is 10.00. The Morgan fingerprint density at radius 3 is 2.88 bits per heavy atom. The van der Waals surface area contributed by atoms with Crippen LogP contribution in [0.5, 0.6) is 0 Å². The maximum absolute atomic E-state index is 5.85. The van der Waals surface area contributed by atoms with Crippen molar-refractivity contribution >= 4 is 17.4 Å². The third-order valence-electron chi connectivity index (χ3n) is 2.49. The molecule has 2 aromatic rings. The summed E-state index contributed by atoms with van der Waals surface area (Å²) >= 11 is 1.71. The van der Waals surface area contributed by atoms with Crippen molar-refractivity contribution in [3.8, 4) is 0 Å². The number of aromatic nitrogens is 3. The number of rotatable bonds is 4. The lowest BCUT2D eigenvalue weighted by atomic mass is 10.4. The molecule has 0 aromatic carbocycles. The number of hydrogen-bond acceptors (Lipinski definition) is 4. The first-order chi connectivity index (χ1) is 8.18. The Morgan fingerprint density at radius 2 is 2.18 bits per heavy atom. The molecule has 5 heteroatoms. The molecule has 0 aliphatic rings. The van der Waals surface area contributed by atoms with Crippen molar-refractivity contribution in [2.45, 2.75) is 30.5 Å². The molecule has 2 aromatic heterocycles. The van der Waals surface area contributed by atoms with Crippen LogP contribution in [0.1, 0.15) is 25.6 Å². The number of imidazole rings is 1. The number of nitrogen functional groups attached to an aromatic ring is 1. The van der Waals surface area contributed by atoms with E-state index in [0.717, 1.165) is 16.3 Å². The zero-order valence-corrected chi connectivity index (χ0v) is 10.8. The highest BCUT2D eigenvalue weighted by molar-refractivity contribution is 7.98. The van der Waals surface area contributed by atoms with Gasteiger partial charge in [0.05, 0.1) is 18.2 Å². The van der Waals surface area contributed by atoms with Crippen LogP contribution in [0.2, 0.25) is 0 Å². The van der Waals surface area contributed by atoms with Crippen molar-refractivity contribution in [3.05, 3.63) is 36.7 Å². The summed E-state index contributed by atoms with van der Waals surface area (Å²) in [4.78, 5) is 9.23. The van der Waals surface area contributed by atoms with Crippen LogP contribution in [0, 0.1) is 0 Å². The summed E-state index contributed by atoms with van der Waals surface area (Å²) in [6.45, 7) is 4.30. The molecule has 90 valence electrons. The van der Waals surface area contributed by atoms with Gasteiger partial charge in [0.1, 0.15) is 0 Å². The molecule has 0 atom stereocenters. The van der Waals surface area contributed by atoms with Crippen LogP contribution in [-0.4, -0.2) is 14.5 Å². The number of pyridine rings is 1. The fourth-order valence-electron chi connectivity index (χ4n) is 1.59. The van der Waals surface area contributed by atoms with E-state index in [4.69, 9.17) is 5.73 Å². The molecule has 17 heavy (non-hydrogen) atoms. The van der Waals surface area contributed by atoms with Crippen molar-refractivity contribution in [2.24, 2.45) is 0 Å². The minimum absolute atomic E-state index is 0.433. The smallest absolute Gasteiger partial charge is 0.0950 e. The van der Waals surface area contributed by atoms with Gasteiger partial charge in [0.25, 0.3) is 0 Å². The molecule has 2 heterocycles. The zero-order chi connectivity index (χ0) is 12.3. The summed E-state index contributed by atoms with van der Waals surface area (Å²) in [6, 6.07) is 2.37. The van der Waals surface area contributed by atoms with Gasteiger partial charge in [-0.15, -0.1) is 11.8 Å². The monoisotopic (exact) mass is 248 g/mol. The summed E-state index contributed by atoms with van der Waals surface area (Å²) < 4.78 is 2.17. The highest BCUT2D eigenvalue weighted by Crippen LogP contribution is 2.27. The summed E-state index contributed by atoms with van der Waals surface area (Å²) in [5.74, 6) is 0.867. The Balaban J connectivity index is 2.08. The average Bonchev–Trinajstić information content (AvgIpc) is 2.76. The van der Waals surface area contributed by atoms with Gasteiger partial charge in [0.15, 0.2) is 0 Å². The quantitative estimate of drug-likeness (QED) is 0.845. The Kier molecular flexibility index (Phi) is 3.68. The van der Waals surface area contributed by atoms with Gasteiger partial charge < -0.3 is 10.3 Å². The van der Waals surface area contributed by atoms with E-state index in [-0.39, 0.29) is 0 Å². The van der Waals surface area contributed by atoms with Crippen LogP contribution in [0.4, 0.5) is 5.69 Å². The Morgan fingerprint density at radius 1 is 1.35 bits per heavy atom. The Hall–Kier alpha value is -1.49. The van der Waals surface area contributed by atoms with Crippen molar-refractivity contribution < 1.29 is 0 Å².